The van der Waals surface area contributed by atoms with Gasteiger partial charge >= 0.3 is 5.97 Å². The molecule has 2 rings (SSSR count). The van der Waals surface area contributed by atoms with Crippen molar-refractivity contribution in [3.05, 3.63) is 0 Å². The third-order valence-corrected chi connectivity index (χ3v) is 4.79. The van der Waals surface area contributed by atoms with Gasteiger partial charge in [0.05, 0.1) is 20.1 Å². The van der Waals surface area contributed by atoms with E-state index in [0.717, 1.165) is 25.6 Å². The molecule has 1 saturated heterocycles. The van der Waals surface area contributed by atoms with Gasteiger partial charge in [0.2, 0.25) is 0 Å². The van der Waals surface area contributed by atoms with E-state index in [2.05, 4.69) is 26.9 Å². The Morgan fingerprint density at radius 2 is 2.00 bits per heavy atom. The second kappa shape index (κ2) is 9.57. The summed E-state index contributed by atoms with van der Waals surface area (Å²) >= 11 is 0. The molecule has 2 aliphatic rings. The molecule has 1 saturated carbocycles. The van der Waals surface area contributed by atoms with Crippen LogP contribution in [0.1, 0.15) is 51.9 Å². The standard InChI is InChI=1S/C16H29N3O2.HI/c1-3-17-15(18-11-7-14(20)21-2)19-12-10-16(13-19)8-5-4-6-9-16;/h3-13H2,1-2H3,(H,17,18);1H. The summed E-state index contributed by atoms with van der Waals surface area (Å²) in [5, 5.41) is 3.36. The van der Waals surface area contributed by atoms with Gasteiger partial charge in [-0.2, -0.15) is 0 Å². The minimum absolute atomic E-state index is 0. The molecule has 1 N–H and O–H groups in total. The molecule has 6 heteroatoms. The normalized spacial score (nSPS) is 20.6. The fourth-order valence-electron chi connectivity index (χ4n) is 3.61. The van der Waals surface area contributed by atoms with Crippen molar-refractivity contribution in [2.75, 3.05) is 33.3 Å². The summed E-state index contributed by atoms with van der Waals surface area (Å²) in [6.07, 6.45) is 8.53. The summed E-state index contributed by atoms with van der Waals surface area (Å²) in [4.78, 5) is 18.2. The van der Waals surface area contributed by atoms with Crippen molar-refractivity contribution in [3.8, 4) is 0 Å². The van der Waals surface area contributed by atoms with Gasteiger partial charge in [0.15, 0.2) is 5.96 Å². The van der Waals surface area contributed by atoms with Gasteiger partial charge in [-0.25, -0.2) is 0 Å². The SMILES string of the molecule is CCNC(=NCCC(=O)OC)N1CCC2(CCCCC2)C1.I. The summed E-state index contributed by atoms with van der Waals surface area (Å²) in [6.45, 7) is 5.66. The summed E-state index contributed by atoms with van der Waals surface area (Å²) in [5.74, 6) is 0.767. The predicted octanol–water partition coefficient (Wildman–Crippen LogP) is 2.79. The average Bonchev–Trinajstić information content (AvgIpc) is 2.90. The molecule has 5 nitrogen and oxygen atoms in total. The summed E-state index contributed by atoms with van der Waals surface area (Å²) in [5.41, 5.74) is 0.525. The van der Waals surface area contributed by atoms with E-state index in [-0.39, 0.29) is 29.9 Å². The zero-order valence-corrected chi connectivity index (χ0v) is 16.2. The number of nitrogens with one attached hydrogen (secondary N) is 1. The second-order valence-corrected chi connectivity index (χ2v) is 6.29. The van der Waals surface area contributed by atoms with Gasteiger partial charge in [-0.15, -0.1) is 24.0 Å². The molecule has 1 heterocycles. The Morgan fingerprint density at radius 3 is 2.64 bits per heavy atom. The van der Waals surface area contributed by atoms with Crippen LogP contribution >= 0.6 is 24.0 Å². The van der Waals surface area contributed by atoms with Crippen molar-refractivity contribution in [1.82, 2.24) is 10.2 Å². The third-order valence-electron chi connectivity index (χ3n) is 4.79. The predicted molar refractivity (Wildman–Crippen MR) is 99.7 cm³/mol. The van der Waals surface area contributed by atoms with Crippen LogP contribution in [0.4, 0.5) is 0 Å². The lowest BCUT2D eigenvalue weighted by atomic mass is 9.73. The molecule has 0 atom stereocenters. The zero-order chi connectivity index (χ0) is 15.1. The number of likely N-dealkylation sites (tertiary alicyclic amines) is 1. The highest BCUT2D eigenvalue weighted by Gasteiger charge is 2.39. The van der Waals surface area contributed by atoms with E-state index >= 15 is 0 Å². The Hall–Kier alpha value is -0.530. The Balaban J connectivity index is 0.00000242. The number of aliphatic imine (C=N–C) groups is 1. The Morgan fingerprint density at radius 1 is 1.27 bits per heavy atom. The van der Waals surface area contributed by atoms with Crippen LogP contribution in [0.5, 0.6) is 0 Å². The van der Waals surface area contributed by atoms with Crippen molar-refractivity contribution < 1.29 is 9.53 Å². The van der Waals surface area contributed by atoms with Crippen LogP contribution in [0.3, 0.4) is 0 Å². The fourth-order valence-corrected chi connectivity index (χ4v) is 3.61. The zero-order valence-electron chi connectivity index (χ0n) is 13.9. The van der Waals surface area contributed by atoms with E-state index in [9.17, 15) is 4.79 Å². The van der Waals surface area contributed by atoms with Crippen LogP contribution in [-0.2, 0) is 9.53 Å². The largest absolute Gasteiger partial charge is 0.469 e. The molecule has 0 aromatic heterocycles. The number of hydrogen-bond acceptors (Lipinski definition) is 3. The highest BCUT2D eigenvalue weighted by Crippen LogP contribution is 2.43. The smallest absolute Gasteiger partial charge is 0.307 e. The van der Waals surface area contributed by atoms with Gasteiger partial charge in [-0.05, 0) is 31.6 Å². The minimum atomic E-state index is -0.195. The van der Waals surface area contributed by atoms with Gasteiger partial charge in [0.25, 0.3) is 0 Å². The molecule has 128 valence electrons. The number of guanidine groups is 1. The lowest BCUT2D eigenvalue weighted by Crippen LogP contribution is -2.41. The van der Waals surface area contributed by atoms with Crippen LogP contribution in [0, 0.1) is 5.41 Å². The van der Waals surface area contributed by atoms with Gasteiger partial charge < -0.3 is 15.0 Å². The number of carbonyl (C=O) groups is 1. The molecular weight excluding hydrogens is 393 g/mol. The topological polar surface area (TPSA) is 53.9 Å². The van der Waals surface area contributed by atoms with E-state index in [1.807, 2.05) is 0 Å². The number of rotatable bonds is 4. The van der Waals surface area contributed by atoms with Crippen LogP contribution < -0.4 is 5.32 Å². The first-order valence-corrected chi connectivity index (χ1v) is 8.29. The van der Waals surface area contributed by atoms with Gasteiger partial charge in [-0.1, -0.05) is 19.3 Å². The molecule has 2 fully saturated rings. The first-order chi connectivity index (χ1) is 10.2. The summed E-state index contributed by atoms with van der Waals surface area (Å²) in [6, 6.07) is 0. The number of methoxy groups -OCH3 is 1. The minimum Gasteiger partial charge on any atom is -0.469 e. The van der Waals surface area contributed by atoms with Crippen molar-refractivity contribution in [3.63, 3.8) is 0 Å². The van der Waals surface area contributed by atoms with E-state index in [4.69, 9.17) is 0 Å². The molecule has 22 heavy (non-hydrogen) atoms. The van der Waals surface area contributed by atoms with Gasteiger partial charge in [0, 0.05) is 19.6 Å². The third kappa shape index (κ3) is 5.28. The Bertz CT molecular complexity index is 382. The van der Waals surface area contributed by atoms with Crippen molar-refractivity contribution >= 4 is 35.9 Å². The molecule has 0 radical (unpaired) electrons. The second-order valence-electron chi connectivity index (χ2n) is 6.29. The van der Waals surface area contributed by atoms with Crippen LogP contribution in [0.2, 0.25) is 0 Å². The highest BCUT2D eigenvalue weighted by molar-refractivity contribution is 14.0. The molecule has 0 aromatic rings. The number of ether oxygens (including phenoxy) is 1. The molecule has 1 aliphatic carbocycles. The van der Waals surface area contributed by atoms with Crippen LogP contribution in [-0.4, -0.2) is 50.1 Å². The van der Waals surface area contributed by atoms with Crippen LogP contribution in [0.25, 0.3) is 0 Å². The molecular formula is C16H30IN3O2. The number of nitrogens with zero attached hydrogens (tertiary/aromatic N) is 2. The molecule has 0 bridgehead atoms. The van der Waals surface area contributed by atoms with Crippen molar-refractivity contribution in [2.24, 2.45) is 10.4 Å². The maximum Gasteiger partial charge on any atom is 0.307 e. The molecule has 1 aliphatic heterocycles. The first-order valence-electron chi connectivity index (χ1n) is 8.29. The van der Waals surface area contributed by atoms with E-state index < -0.39 is 0 Å². The molecule has 1 spiro atoms. The molecule has 0 aromatic carbocycles. The maximum absolute atomic E-state index is 11.2. The van der Waals surface area contributed by atoms with Crippen molar-refractivity contribution in [2.45, 2.75) is 51.9 Å². The lowest BCUT2D eigenvalue weighted by molar-refractivity contribution is -0.140. The molecule has 0 amide bonds. The average molecular weight is 423 g/mol. The summed E-state index contributed by atoms with van der Waals surface area (Å²) < 4.78 is 4.67. The van der Waals surface area contributed by atoms with Gasteiger partial charge in [-0.3, -0.25) is 9.79 Å². The Labute approximate surface area is 151 Å². The monoisotopic (exact) mass is 423 g/mol. The lowest BCUT2D eigenvalue weighted by Gasteiger charge is -2.33. The number of carbonyl (C=O) groups excluding carboxylic acids is 1. The maximum atomic E-state index is 11.2. The highest BCUT2D eigenvalue weighted by atomic mass is 127. The van der Waals surface area contributed by atoms with E-state index in [0.29, 0.717) is 18.4 Å². The van der Waals surface area contributed by atoms with Gasteiger partial charge in [0.1, 0.15) is 0 Å². The fraction of sp³-hybridized carbons (Fsp3) is 0.875. The van der Waals surface area contributed by atoms with E-state index in [1.54, 1.807) is 0 Å². The van der Waals surface area contributed by atoms with E-state index in [1.165, 1.54) is 45.6 Å². The van der Waals surface area contributed by atoms with Crippen molar-refractivity contribution in [1.29, 1.82) is 0 Å². The number of esters is 1. The Kier molecular flexibility index (Phi) is 8.49. The molecule has 0 unspecified atom stereocenters. The summed E-state index contributed by atoms with van der Waals surface area (Å²) in [7, 11) is 1.42. The van der Waals surface area contributed by atoms with Crippen LogP contribution in [0.15, 0.2) is 4.99 Å². The number of hydrogen-bond donors (Lipinski definition) is 1. The first kappa shape index (κ1) is 19.5. The quantitative estimate of drug-likeness (QED) is 0.327. The number of halogens is 1.